The maximum Gasteiger partial charge on any atom is 0.163 e. The van der Waals surface area contributed by atoms with Crippen LogP contribution in [-0.4, -0.2) is 15.0 Å². The molecule has 0 amide bonds. The summed E-state index contributed by atoms with van der Waals surface area (Å²) in [5.41, 5.74) is 2.45. The third-order valence-corrected chi connectivity index (χ3v) is 3.14. The Labute approximate surface area is 115 Å². The van der Waals surface area contributed by atoms with Crippen molar-refractivity contribution in [3.8, 4) is 11.4 Å². The second-order valence-electron chi connectivity index (χ2n) is 4.91. The Hall–Kier alpha value is -1.77. The summed E-state index contributed by atoms with van der Waals surface area (Å²) in [5.74, 6) is 2.31. The molecule has 0 saturated carbocycles. The summed E-state index contributed by atoms with van der Waals surface area (Å²) >= 11 is 0. The number of aromatic nitrogens is 3. The van der Waals surface area contributed by atoms with Gasteiger partial charge in [-0.25, -0.2) is 15.0 Å². The van der Waals surface area contributed by atoms with Crippen molar-refractivity contribution in [2.75, 3.05) is 0 Å². The molecular formula is C16H21N3. The lowest BCUT2D eigenvalue weighted by molar-refractivity contribution is 0.717. The minimum absolute atomic E-state index is 0.769. The van der Waals surface area contributed by atoms with Gasteiger partial charge in [0.15, 0.2) is 5.82 Å². The Kier molecular flexibility index (Phi) is 4.61. The largest absolute Gasteiger partial charge is 0.219 e. The summed E-state index contributed by atoms with van der Waals surface area (Å²) in [6.45, 7) is 6.03. The molecule has 3 heteroatoms. The molecule has 1 heterocycles. The zero-order chi connectivity index (χ0) is 13.7. The summed E-state index contributed by atoms with van der Waals surface area (Å²) in [7, 11) is 0. The van der Waals surface area contributed by atoms with Crippen molar-refractivity contribution in [2.24, 2.45) is 0 Å². The molecule has 0 saturated heterocycles. The summed E-state index contributed by atoms with van der Waals surface area (Å²) in [6, 6.07) is 8.57. The zero-order valence-electron chi connectivity index (χ0n) is 12.0. The molecule has 1 aromatic heterocycles. The molecule has 0 spiro atoms. The molecule has 0 bridgehead atoms. The maximum absolute atomic E-state index is 4.39. The highest BCUT2D eigenvalue weighted by Gasteiger charge is 2.04. The summed E-state index contributed by atoms with van der Waals surface area (Å²) < 4.78 is 0. The molecule has 0 radical (unpaired) electrons. The van der Waals surface area contributed by atoms with E-state index in [-0.39, 0.29) is 0 Å². The normalized spacial score (nSPS) is 10.7. The predicted molar refractivity (Wildman–Crippen MR) is 78.0 cm³/mol. The van der Waals surface area contributed by atoms with Crippen molar-refractivity contribution < 1.29 is 0 Å². The fourth-order valence-corrected chi connectivity index (χ4v) is 2.14. The van der Waals surface area contributed by atoms with Crippen LogP contribution in [0.2, 0.25) is 0 Å². The van der Waals surface area contributed by atoms with Crippen LogP contribution in [0, 0.1) is 13.8 Å². The highest BCUT2D eigenvalue weighted by atomic mass is 15.0. The van der Waals surface area contributed by atoms with Gasteiger partial charge in [0.05, 0.1) is 0 Å². The lowest BCUT2D eigenvalue weighted by atomic mass is 10.1. The van der Waals surface area contributed by atoms with Crippen LogP contribution >= 0.6 is 0 Å². The van der Waals surface area contributed by atoms with Crippen LogP contribution in [0.15, 0.2) is 24.3 Å². The molecule has 2 rings (SSSR count). The highest BCUT2D eigenvalue weighted by Crippen LogP contribution is 2.17. The average Bonchev–Trinajstić information content (AvgIpc) is 2.39. The monoisotopic (exact) mass is 255 g/mol. The van der Waals surface area contributed by atoms with Gasteiger partial charge in [-0.2, -0.15) is 0 Å². The van der Waals surface area contributed by atoms with E-state index in [4.69, 9.17) is 0 Å². The Morgan fingerprint density at radius 3 is 2.05 bits per heavy atom. The van der Waals surface area contributed by atoms with Gasteiger partial charge in [-0.3, -0.25) is 0 Å². The molecule has 0 unspecified atom stereocenters. The van der Waals surface area contributed by atoms with E-state index in [1.54, 1.807) is 0 Å². The van der Waals surface area contributed by atoms with Crippen molar-refractivity contribution >= 4 is 0 Å². The van der Waals surface area contributed by atoms with E-state index in [1.165, 1.54) is 24.8 Å². The number of benzene rings is 1. The van der Waals surface area contributed by atoms with Crippen molar-refractivity contribution in [3.05, 3.63) is 41.5 Å². The predicted octanol–water partition coefficient (Wildman–Crippen LogP) is 3.89. The number of unbranched alkanes of at least 4 members (excludes halogenated alkanes) is 2. The number of hydrogen-bond acceptors (Lipinski definition) is 3. The molecule has 2 aromatic rings. The summed E-state index contributed by atoms with van der Waals surface area (Å²) in [6.07, 6.45) is 4.98. The number of nitrogens with zero attached hydrogens (tertiary/aromatic N) is 3. The molecule has 19 heavy (non-hydrogen) atoms. The Morgan fingerprint density at radius 2 is 1.47 bits per heavy atom. The molecule has 0 fully saturated rings. The lowest BCUT2D eigenvalue weighted by Crippen LogP contribution is -1.98. The molecular weight excluding hydrogens is 234 g/mol. The summed E-state index contributed by atoms with van der Waals surface area (Å²) in [4.78, 5) is 13.0. The maximum atomic E-state index is 4.39. The van der Waals surface area contributed by atoms with Crippen LogP contribution in [0.25, 0.3) is 11.4 Å². The van der Waals surface area contributed by atoms with E-state index in [0.717, 1.165) is 29.5 Å². The van der Waals surface area contributed by atoms with Crippen molar-refractivity contribution in [1.82, 2.24) is 15.0 Å². The third-order valence-electron chi connectivity index (χ3n) is 3.14. The quantitative estimate of drug-likeness (QED) is 0.761. The van der Waals surface area contributed by atoms with Crippen LogP contribution in [0.3, 0.4) is 0 Å². The number of aryl methyl sites for hydroxylation is 3. The first-order valence-electron chi connectivity index (χ1n) is 6.97. The molecule has 0 aliphatic heterocycles. The minimum atomic E-state index is 0.769. The van der Waals surface area contributed by atoms with E-state index in [9.17, 15) is 0 Å². The first kappa shape index (κ1) is 13.7. The number of rotatable bonds is 5. The van der Waals surface area contributed by atoms with Gasteiger partial charge in [-0.05, 0) is 32.3 Å². The lowest BCUT2D eigenvalue weighted by Gasteiger charge is -2.04. The Morgan fingerprint density at radius 1 is 0.842 bits per heavy atom. The van der Waals surface area contributed by atoms with E-state index >= 15 is 0 Å². The topological polar surface area (TPSA) is 38.7 Å². The van der Waals surface area contributed by atoms with Gasteiger partial charge in [0.2, 0.25) is 0 Å². The molecule has 0 aliphatic rings. The van der Waals surface area contributed by atoms with Crippen molar-refractivity contribution in [1.29, 1.82) is 0 Å². The van der Waals surface area contributed by atoms with Crippen molar-refractivity contribution in [2.45, 2.75) is 46.5 Å². The molecule has 0 atom stereocenters. The molecule has 1 aromatic carbocycles. The second-order valence-corrected chi connectivity index (χ2v) is 4.91. The SMILES string of the molecule is CCCCCc1ccc(-c2nc(C)nc(C)n2)cc1. The first-order valence-corrected chi connectivity index (χ1v) is 6.97. The fourth-order valence-electron chi connectivity index (χ4n) is 2.14. The van der Waals surface area contributed by atoms with Gasteiger partial charge >= 0.3 is 0 Å². The van der Waals surface area contributed by atoms with Crippen LogP contribution in [0.1, 0.15) is 43.4 Å². The summed E-state index contributed by atoms with van der Waals surface area (Å²) in [5, 5.41) is 0. The molecule has 100 valence electrons. The van der Waals surface area contributed by atoms with Gasteiger partial charge in [0, 0.05) is 5.56 Å². The smallest absolute Gasteiger partial charge is 0.163 e. The van der Waals surface area contributed by atoms with E-state index in [1.807, 2.05) is 13.8 Å². The van der Waals surface area contributed by atoms with E-state index < -0.39 is 0 Å². The second kappa shape index (κ2) is 6.41. The van der Waals surface area contributed by atoms with Gasteiger partial charge in [0.25, 0.3) is 0 Å². The van der Waals surface area contributed by atoms with Crippen LogP contribution < -0.4 is 0 Å². The fraction of sp³-hybridized carbons (Fsp3) is 0.438. The Balaban J connectivity index is 2.13. The molecule has 0 aliphatic carbocycles. The minimum Gasteiger partial charge on any atom is -0.219 e. The number of hydrogen-bond donors (Lipinski definition) is 0. The third kappa shape index (κ3) is 3.85. The standard InChI is InChI=1S/C16H21N3/c1-4-5-6-7-14-8-10-15(11-9-14)16-18-12(2)17-13(3)19-16/h8-11H,4-7H2,1-3H3. The van der Waals surface area contributed by atoms with Crippen LogP contribution in [0.5, 0.6) is 0 Å². The van der Waals surface area contributed by atoms with Gasteiger partial charge in [0.1, 0.15) is 11.6 Å². The van der Waals surface area contributed by atoms with Crippen LogP contribution in [0.4, 0.5) is 0 Å². The van der Waals surface area contributed by atoms with E-state index in [0.29, 0.717) is 0 Å². The average molecular weight is 255 g/mol. The first-order chi connectivity index (χ1) is 9.19. The van der Waals surface area contributed by atoms with Gasteiger partial charge < -0.3 is 0 Å². The zero-order valence-corrected chi connectivity index (χ0v) is 12.0. The van der Waals surface area contributed by atoms with Crippen molar-refractivity contribution in [3.63, 3.8) is 0 Å². The molecule has 3 nitrogen and oxygen atoms in total. The van der Waals surface area contributed by atoms with Gasteiger partial charge in [-0.15, -0.1) is 0 Å². The van der Waals surface area contributed by atoms with E-state index in [2.05, 4.69) is 46.1 Å². The van der Waals surface area contributed by atoms with Gasteiger partial charge in [-0.1, -0.05) is 44.0 Å². The highest BCUT2D eigenvalue weighted by molar-refractivity contribution is 5.55. The van der Waals surface area contributed by atoms with Crippen LogP contribution in [-0.2, 0) is 6.42 Å². The molecule has 0 N–H and O–H groups in total. The Bertz CT molecular complexity index is 512.